The quantitative estimate of drug-likeness (QED) is 0.473. The molecule has 0 atom stereocenters. The number of carbonyl (C=O) groups is 2. The van der Waals surface area contributed by atoms with Crippen molar-refractivity contribution in [2.24, 2.45) is 0 Å². The second kappa shape index (κ2) is 7.22. The van der Waals surface area contributed by atoms with Crippen LogP contribution in [0.2, 0.25) is 0 Å². The van der Waals surface area contributed by atoms with Crippen molar-refractivity contribution in [3.63, 3.8) is 0 Å². The molecular weight excluding hydrogens is 344 g/mol. The molecule has 0 aliphatic carbocycles. The van der Waals surface area contributed by atoms with E-state index in [0.717, 1.165) is 0 Å². The number of H-pyrrole nitrogens is 2. The zero-order valence-corrected chi connectivity index (χ0v) is 14.0. The van der Waals surface area contributed by atoms with E-state index in [1.54, 1.807) is 42.8 Å². The maximum absolute atomic E-state index is 12.1. The summed E-state index contributed by atoms with van der Waals surface area (Å²) in [4.78, 5) is 44.5. The van der Waals surface area contributed by atoms with Crippen LogP contribution >= 0.6 is 11.8 Å². The fourth-order valence-electron chi connectivity index (χ4n) is 2.23. The number of esters is 1. The van der Waals surface area contributed by atoms with Crippen molar-refractivity contribution in [2.75, 3.05) is 18.2 Å². The maximum Gasteiger partial charge on any atom is 0.341 e. The molecule has 0 saturated heterocycles. The molecule has 2 heterocycles. The molecule has 0 aliphatic heterocycles. The average molecular weight is 358 g/mol. The molecule has 0 saturated carbocycles. The van der Waals surface area contributed by atoms with Gasteiger partial charge in [0.25, 0.3) is 5.91 Å². The number of ether oxygens (including phenoxy) is 1. The number of hydrogen-bond acceptors (Lipinski definition) is 6. The second-order valence-electron chi connectivity index (χ2n) is 5.02. The molecule has 1 amide bonds. The van der Waals surface area contributed by atoms with E-state index in [1.165, 1.54) is 11.8 Å². The third kappa shape index (κ3) is 3.89. The number of carbonyl (C=O) groups excluding carboxylic acids is 2. The molecule has 3 N–H and O–H groups in total. The van der Waals surface area contributed by atoms with Crippen LogP contribution < -0.4 is 11.0 Å². The standard InChI is InChI=1S/C16H14N4O4S/c1-25-14-10(3-2-6-17-14)15(22)24-8-13(21)18-9-4-5-11-12(7-9)20-16(23)19-11/h2-7H,8H2,1H3,(H,18,21)(H2,19,20,23). The number of nitrogens with zero attached hydrogens (tertiary/aromatic N) is 1. The van der Waals surface area contributed by atoms with Gasteiger partial charge in [-0.1, -0.05) is 0 Å². The molecule has 3 aromatic rings. The van der Waals surface area contributed by atoms with Gasteiger partial charge in [-0.05, 0) is 36.6 Å². The van der Waals surface area contributed by atoms with Gasteiger partial charge in [-0.25, -0.2) is 14.6 Å². The van der Waals surface area contributed by atoms with Crippen molar-refractivity contribution < 1.29 is 14.3 Å². The van der Waals surface area contributed by atoms with Gasteiger partial charge in [0.2, 0.25) is 0 Å². The minimum Gasteiger partial charge on any atom is -0.452 e. The first-order chi connectivity index (χ1) is 12.1. The van der Waals surface area contributed by atoms with Gasteiger partial charge in [-0.15, -0.1) is 11.8 Å². The third-order valence-corrected chi connectivity index (χ3v) is 4.03. The van der Waals surface area contributed by atoms with E-state index in [4.69, 9.17) is 4.74 Å². The number of imidazole rings is 1. The Kier molecular flexibility index (Phi) is 4.85. The molecule has 0 spiro atoms. The first-order valence-corrected chi connectivity index (χ1v) is 8.47. The summed E-state index contributed by atoms with van der Waals surface area (Å²) in [5.74, 6) is -1.10. The number of nitrogens with one attached hydrogen (secondary N) is 3. The van der Waals surface area contributed by atoms with Gasteiger partial charge in [0, 0.05) is 11.9 Å². The van der Waals surface area contributed by atoms with Gasteiger partial charge >= 0.3 is 11.7 Å². The van der Waals surface area contributed by atoms with Crippen molar-refractivity contribution in [3.05, 3.63) is 52.6 Å². The van der Waals surface area contributed by atoms with Crippen LogP contribution in [0.25, 0.3) is 11.0 Å². The largest absolute Gasteiger partial charge is 0.452 e. The van der Waals surface area contributed by atoms with Crippen LogP contribution in [0.5, 0.6) is 0 Å². The Balaban J connectivity index is 1.62. The Hall–Kier alpha value is -3.07. The fourth-order valence-corrected chi connectivity index (χ4v) is 2.76. The van der Waals surface area contributed by atoms with Gasteiger partial charge in [-0.3, -0.25) is 4.79 Å². The number of amides is 1. The first-order valence-electron chi connectivity index (χ1n) is 7.25. The minimum absolute atomic E-state index is 0.314. The van der Waals surface area contributed by atoms with Crippen LogP contribution in [-0.2, 0) is 9.53 Å². The third-order valence-electron chi connectivity index (χ3n) is 3.32. The number of thioether (sulfide) groups is 1. The topological polar surface area (TPSA) is 117 Å². The van der Waals surface area contributed by atoms with E-state index in [-0.39, 0.29) is 5.69 Å². The molecule has 8 nitrogen and oxygen atoms in total. The summed E-state index contributed by atoms with van der Waals surface area (Å²) in [5.41, 5.74) is 1.67. The Morgan fingerprint density at radius 2 is 2.04 bits per heavy atom. The predicted octanol–water partition coefficient (Wildman–Crippen LogP) is 1.77. The van der Waals surface area contributed by atoms with Crippen LogP contribution in [0.4, 0.5) is 5.69 Å². The number of hydrogen-bond donors (Lipinski definition) is 3. The molecule has 0 fully saturated rings. The van der Waals surface area contributed by atoms with Gasteiger partial charge in [-0.2, -0.15) is 0 Å². The Morgan fingerprint density at radius 1 is 1.24 bits per heavy atom. The van der Waals surface area contributed by atoms with E-state index in [9.17, 15) is 14.4 Å². The van der Waals surface area contributed by atoms with Crippen LogP contribution in [0.3, 0.4) is 0 Å². The Morgan fingerprint density at radius 3 is 2.84 bits per heavy atom. The lowest BCUT2D eigenvalue weighted by Crippen LogP contribution is -2.21. The lowest BCUT2D eigenvalue weighted by molar-refractivity contribution is -0.119. The van der Waals surface area contributed by atoms with E-state index in [0.29, 0.717) is 27.3 Å². The molecular formula is C16H14N4O4S. The summed E-state index contributed by atoms with van der Waals surface area (Å²) in [6, 6.07) is 8.13. The summed E-state index contributed by atoms with van der Waals surface area (Å²) in [6.07, 6.45) is 3.38. The summed E-state index contributed by atoms with van der Waals surface area (Å²) < 4.78 is 5.03. The highest BCUT2D eigenvalue weighted by atomic mass is 32.2. The summed E-state index contributed by atoms with van der Waals surface area (Å²) >= 11 is 1.32. The molecule has 128 valence electrons. The lowest BCUT2D eigenvalue weighted by Gasteiger charge is -2.08. The van der Waals surface area contributed by atoms with E-state index >= 15 is 0 Å². The summed E-state index contributed by atoms with van der Waals surface area (Å²) in [7, 11) is 0. The van der Waals surface area contributed by atoms with E-state index < -0.39 is 18.5 Å². The second-order valence-corrected chi connectivity index (χ2v) is 5.82. The molecule has 0 unspecified atom stereocenters. The SMILES string of the molecule is CSc1ncccc1C(=O)OCC(=O)Nc1ccc2[nH]c(=O)[nH]c2c1. The predicted molar refractivity (Wildman–Crippen MR) is 93.8 cm³/mol. The van der Waals surface area contributed by atoms with E-state index in [2.05, 4.69) is 20.3 Å². The maximum atomic E-state index is 12.1. The monoisotopic (exact) mass is 358 g/mol. The smallest absolute Gasteiger partial charge is 0.341 e. The highest BCUT2D eigenvalue weighted by molar-refractivity contribution is 7.98. The van der Waals surface area contributed by atoms with Gasteiger partial charge < -0.3 is 20.0 Å². The summed E-state index contributed by atoms with van der Waals surface area (Å²) in [6.45, 7) is -0.427. The highest BCUT2D eigenvalue weighted by Crippen LogP contribution is 2.18. The molecule has 2 aromatic heterocycles. The number of aromatic nitrogens is 3. The molecule has 0 radical (unpaired) electrons. The highest BCUT2D eigenvalue weighted by Gasteiger charge is 2.15. The first kappa shape index (κ1) is 16.8. The van der Waals surface area contributed by atoms with Crippen molar-refractivity contribution in [1.29, 1.82) is 0 Å². The Labute approximate surface area is 146 Å². The van der Waals surface area contributed by atoms with Crippen LogP contribution in [0.15, 0.2) is 46.3 Å². The number of anilines is 1. The summed E-state index contributed by atoms with van der Waals surface area (Å²) in [5, 5.41) is 3.14. The zero-order valence-electron chi connectivity index (χ0n) is 13.2. The Bertz CT molecular complexity index is 995. The van der Waals surface area contributed by atoms with Crippen LogP contribution in [0, 0.1) is 0 Å². The van der Waals surface area contributed by atoms with Gasteiger partial charge in [0.05, 0.1) is 16.6 Å². The van der Waals surface area contributed by atoms with Crippen molar-refractivity contribution in [1.82, 2.24) is 15.0 Å². The number of rotatable bonds is 5. The van der Waals surface area contributed by atoms with E-state index in [1.807, 2.05) is 0 Å². The number of pyridine rings is 1. The van der Waals surface area contributed by atoms with Gasteiger partial charge in [0.15, 0.2) is 6.61 Å². The molecule has 3 rings (SSSR count). The number of aromatic amines is 2. The fraction of sp³-hybridized carbons (Fsp3) is 0.125. The van der Waals surface area contributed by atoms with Crippen molar-refractivity contribution in [3.8, 4) is 0 Å². The molecule has 1 aromatic carbocycles. The van der Waals surface area contributed by atoms with Crippen molar-refractivity contribution >= 4 is 40.4 Å². The zero-order chi connectivity index (χ0) is 17.8. The molecule has 25 heavy (non-hydrogen) atoms. The molecule has 9 heteroatoms. The number of fused-ring (bicyclic) bond motifs is 1. The normalized spacial score (nSPS) is 10.6. The van der Waals surface area contributed by atoms with Crippen LogP contribution in [0.1, 0.15) is 10.4 Å². The van der Waals surface area contributed by atoms with Crippen molar-refractivity contribution in [2.45, 2.75) is 5.03 Å². The van der Waals surface area contributed by atoms with Gasteiger partial charge in [0.1, 0.15) is 5.03 Å². The minimum atomic E-state index is -0.613. The average Bonchev–Trinajstić information content (AvgIpc) is 2.99. The lowest BCUT2D eigenvalue weighted by atomic mass is 10.2. The molecule has 0 bridgehead atoms. The molecule has 0 aliphatic rings. The number of benzene rings is 1. The van der Waals surface area contributed by atoms with Crippen LogP contribution in [-0.4, -0.2) is 39.7 Å².